The molecule has 0 aliphatic rings. The van der Waals surface area contributed by atoms with Gasteiger partial charge >= 0.3 is 5.97 Å². The predicted octanol–water partition coefficient (Wildman–Crippen LogP) is 2.70. The molecule has 1 aromatic carbocycles. The second kappa shape index (κ2) is 6.04. The number of hydrogen-bond donors (Lipinski definition) is 0. The molecule has 7 nitrogen and oxygen atoms in total. The van der Waals surface area contributed by atoms with Gasteiger partial charge in [-0.1, -0.05) is 6.07 Å². The maximum Gasteiger partial charge on any atom is 0.344 e. The number of rotatable bonds is 4. The molecule has 0 atom stereocenters. The van der Waals surface area contributed by atoms with Crippen LogP contribution in [0.2, 0.25) is 0 Å². The number of esters is 1. The number of methoxy groups -OCH3 is 1. The van der Waals surface area contributed by atoms with Crippen LogP contribution in [0.4, 0.5) is 5.69 Å². The van der Waals surface area contributed by atoms with E-state index in [1.165, 1.54) is 19.2 Å². The molecule has 0 spiro atoms. The van der Waals surface area contributed by atoms with Crippen molar-refractivity contribution in [3.63, 3.8) is 0 Å². The highest BCUT2D eigenvalue weighted by Gasteiger charge is 2.21. The Morgan fingerprint density at radius 2 is 2.19 bits per heavy atom. The third-order valence-corrected chi connectivity index (χ3v) is 3.34. The van der Waals surface area contributed by atoms with Gasteiger partial charge in [-0.2, -0.15) is 5.10 Å². The van der Waals surface area contributed by atoms with Crippen molar-refractivity contribution < 1.29 is 14.5 Å². The monoisotopic (exact) mass is 353 g/mol. The van der Waals surface area contributed by atoms with Crippen LogP contribution in [0.25, 0.3) is 0 Å². The quantitative estimate of drug-likeness (QED) is 0.479. The Labute approximate surface area is 128 Å². The molecule has 0 N–H and O–H groups in total. The standard InChI is InChI=1S/C13H12BrN3O4/c1-8-5-12(14)15-16(8)7-9-3-4-10(13(18)21-2)11(6-9)17(19)20/h3-6H,7H2,1-2H3. The number of nitro benzene ring substituents is 1. The summed E-state index contributed by atoms with van der Waals surface area (Å²) in [6.07, 6.45) is 0. The molecule has 1 aromatic heterocycles. The van der Waals surface area contributed by atoms with Crippen LogP contribution in [-0.2, 0) is 11.3 Å². The Balaban J connectivity index is 2.38. The van der Waals surface area contributed by atoms with E-state index in [2.05, 4.69) is 25.8 Å². The Hall–Kier alpha value is -2.22. The van der Waals surface area contributed by atoms with Crippen molar-refractivity contribution in [2.45, 2.75) is 13.5 Å². The van der Waals surface area contributed by atoms with E-state index in [9.17, 15) is 14.9 Å². The second-order valence-electron chi connectivity index (χ2n) is 4.37. The zero-order chi connectivity index (χ0) is 15.6. The number of aromatic nitrogens is 2. The second-order valence-corrected chi connectivity index (χ2v) is 5.18. The van der Waals surface area contributed by atoms with Gasteiger partial charge in [-0.15, -0.1) is 0 Å². The molecule has 0 amide bonds. The van der Waals surface area contributed by atoms with Gasteiger partial charge in [-0.05, 0) is 40.5 Å². The van der Waals surface area contributed by atoms with Gasteiger partial charge in [0.05, 0.1) is 18.6 Å². The minimum Gasteiger partial charge on any atom is -0.465 e. The van der Waals surface area contributed by atoms with Gasteiger partial charge in [-0.3, -0.25) is 14.8 Å². The average Bonchev–Trinajstić information content (AvgIpc) is 2.75. The van der Waals surface area contributed by atoms with E-state index in [4.69, 9.17) is 0 Å². The van der Waals surface area contributed by atoms with E-state index < -0.39 is 10.9 Å². The van der Waals surface area contributed by atoms with Gasteiger partial charge in [0.25, 0.3) is 5.69 Å². The summed E-state index contributed by atoms with van der Waals surface area (Å²) in [5.41, 5.74) is 1.25. The first-order valence-electron chi connectivity index (χ1n) is 5.98. The summed E-state index contributed by atoms with van der Waals surface area (Å²) in [5.74, 6) is -0.730. The van der Waals surface area contributed by atoms with Crippen LogP contribution in [0.15, 0.2) is 28.9 Å². The zero-order valence-corrected chi connectivity index (χ0v) is 13.0. The minimum absolute atomic E-state index is 0.0652. The smallest absolute Gasteiger partial charge is 0.344 e. The summed E-state index contributed by atoms with van der Waals surface area (Å²) >= 11 is 3.27. The maximum absolute atomic E-state index is 11.5. The normalized spacial score (nSPS) is 10.4. The summed E-state index contributed by atoms with van der Waals surface area (Å²) in [5, 5.41) is 15.3. The van der Waals surface area contributed by atoms with Crippen LogP contribution in [-0.4, -0.2) is 27.8 Å². The summed E-state index contributed by atoms with van der Waals surface area (Å²) in [6, 6.07) is 6.25. The molecular weight excluding hydrogens is 342 g/mol. The zero-order valence-electron chi connectivity index (χ0n) is 11.4. The Kier molecular flexibility index (Phi) is 4.37. The summed E-state index contributed by atoms with van der Waals surface area (Å²) in [7, 11) is 1.19. The van der Waals surface area contributed by atoms with E-state index in [1.807, 2.05) is 13.0 Å². The van der Waals surface area contributed by atoms with Crippen molar-refractivity contribution >= 4 is 27.6 Å². The Morgan fingerprint density at radius 3 is 2.71 bits per heavy atom. The molecule has 1 heterocycles. The minimum atomic E-state index is -0.730. The lowest BCUT2D eigenvalue weighted by molar-refractivity contribution is -0.385. The largest absolute Gasteiger partial charge is 0.465 e. The molecule has 0 aliphatic carbocycles. The van der Waals surface area contributed by atoms with Gasteiger partial charge in [0.2, 0.25) is 0 Å². The fourth-order valence-electron chi connectivity index (χ4n) is 1.91. The molecule has 0 radical (unpaired) electrons. The van der Waals surface area contributed by atoms with Crippen LogP contribution >= 0.6 is 15.9 Å². The van der Waals surface area contributed by atoms with Crippen LogP contribution in [0.3, 0.4) is 0 Å². The number of benzene rings is 1. The number of nitrogens with zero attached hydrogens (tertiary/aromatic N) is 3. The van der Waals surface area contributed by atoms with Gasteiger partial charge in [-0.25, -0.2) is 4.79 Å². The maximum atomic E-state index is 11.5. The number of nitro groups is 1. The molecule has 110 valence electrons. The highest BCUT2D eigenvalue weighted by atomic mass is 79.9. The molecular formula is C13H12BrN3O4. The first kappa shape index (κ1) is 15.2. The van der Waals surface area contributed by atoms with Crippen molar-refractivity contribution in [2.75, 3.05) is 7.11 Å². The fourth-order valence-corrected chi connectivity index (χ4v) is 2.43. The molecule has 0 saturated carbocycles. The summed E-state index contributed by atoms with van der Waals surface area (Å²) in [6.45, 7) is 2.26. The van der Waals surface area contributed by atoms with Crippen molar-refractivity contribution in [1.82, 2.24) is 9.78 Å². The van der Waals surface area contributed by atoms with Crippen LogP contribution in [0.5, 0.6) is 0 Å². The van der Waals surface area contributed by atoms with Gasteiger partial charge in [0.1, 0.15) is 10.2 Å². The molecule has 2 aromatic rings. The van der Waals surface area contributed by atoms with Crippen molar-refractivity contribution in [2.24, 2.45) is 0 Å². The average molecular weight is 354 g/mol. The number of hydrogen-bond acceptors (Lipinski definition) is 5. The first-order chi connectivity index (χ1) is 9.92. The third-order valence-electron chi connectivity index (χ3n) is 2.95. The lowest BCUT2D eigenvalue weighted by Crippen LogP contribution is -2.08. The fraction of sp³-hybridized carbons (Fsp3) is 0.231. The van der Waals surface area contributed by atoms with Gasteiger partial charge in [0.15, 0.2) is 0 Å². The van der Waals surface area contributed by atoms with Gasteiger partial charge < -0.3 is 4.74 Å². The molecule has 8 heteroatoms. The Morgan fingerprint density at radius 1 is 1.48 bits per heavy atom. The lowest BCUT2D eigenvalue weighted by atomic mass is 10.1. The summed E-state index contributed by atoms with van der Waals surface area (Å²) in [4.78, 5) is 22.0. The predicted molar refractivity (Wildman–Crippen MR) is 78.2 cm³/mol. The van der Waals surface area contributed by atoms with Crippen LogP contribution < -0.4 is 0 Å². The van der Waals surface area contributed by atoms with E-state index in [0.717, 1.165) is 5.69 Å². The molecule has 0 bridgehead atoms. The van der Waals surface area contributed by atoms with E-state index in [1.54, 1.807) is 10.7 Å². The first-order valence-corrected chi connectivity index (χ1v) is 6.77. The van der Waals surface area contributed by atoms with Crippen molar-refractivity contribution in [3.8, 4) is 0 Å². The number of carbonyl (C=O) groups is 1. The number of halogens is 1. The molecule has 0 saturated heterocycles. The van der Waals surface area contributed by atoms with E-state index in [-0.39, 0.29) is 11.3 Å². The summed E-state index contributed by atoms with van der Waals surface area (Å²) < 4.78 is 6.94. The third kappa shape index (κ3) is 3.27. The lowest BCUT2D eigenvalue weighted by Gasteiger charge is -2.06. The molecule has 21 heavy (non-hydrogen) atoms. The SMILES string of the molecule is COC(=O)c1ccc(Cn2nc(Br)cc2C)cc1[N+](=O)[O-]. The van der Waals surface area contributed by atoms with Crippen molar-refractivity contribution in [3.05, 3.63) is 55.8 Å². The highest BCUT2D eigenvalue weighted by molar-refractivity contribution is 9.10. The molecule has 0 unspecified atom stereocenters. The number of aryl methyl sites for hydroxylation is 1. The highest BCUT2D eigenvalue weighted by Crippen LogP contribution is 2.22. The van der Waals surface area contributed by atoms with Crippen LogP contribution in [0.1, 0.15) is 21.6 Å². The van der Waals surface area contributed by atoms with Crippen molar-refractivity contribution in [1.29, 1.82) is 0 Å². The molecule has 2 rings (SSSR count). The number of ether oxygens (including phenoxy) is 1. The van der Waals surface area contributed by atoms with Gasteiger partial charge in [0, 0.05) is 11.8 Å². The van der Waals surface area contributed by atoms with E-state index in [0.29, 0.717) is 16.7 Å². The number of carbonyl (C=O) groups excluding carboxylic acids is 1. The Bertz CT molecular complexity index is 711. The molecule has 0 fully saturated rings. The topological polar surface area (TPSA) is 87.3 Å². The van der Waals surface area contributed by atoms with Crippen LogP contribution in [0, 0.1) is 17.0 Å². The molecule has 0 aliphatic heterocycles. The van der Waals surface area contributed by atoms with E-state index >= 15 is 0 Å².